The monoisotopic (exact) mass is 361 g/mol. The molecule has 1 N–H and O–H groups in total. The fourth-order valence-corrected chi connectivity index (χ4v) is 2.76. The van der Waals surface area contributed by atoms with Gasteiger partial charge in [-0.3, -0.25) is 9.59 Å². The molecule has 0 aliphatic carbocycles. The van der Waals surface area contributed by atoms with Crippen LogP contribution in [0.15, 0.2) is 17.2 Å². The first-order valence-corrected chi connectivity index (χ1v) is 7.78. The van der Waals surface area contributed by atoms with Crippen LogP contribution in [0, 0.1) is 0 Å². The van der Waals surface area contributed by atoms with E-state index in [0.717, 1.165) is 6.42 Å². The number of benzene rings is 1. The first-order valence-electron chi connectivity index (χ1n) is 6.65. The van der Waals surface area contributed by atoms with E-state index in [0.29, 0.717) is 29.3 Å². The van der Waals surface area contributed by atoms with Gasteiger partial charge in [0.25, 0.3) is 5.91 Å². The number of hydrogen-bond acceptors (Lipinski definition) is 3. The van der Waals surface area contributed by atoms with Crippen molar-refractivity contribution in [3.8, 4) is 0 Å². The molecule has 2 amide bonds. The molecule has 2 rings (SSSR count). The van der Waals surface area contributed by atoms with Gasteiger partial charge >= 0.3 is 0 Å². The number of hydrazone groups is 1. The number of nitrogens with zero attached hydrogens (tertiary/aromatic N) is 2. The van der Waals surface area contributed by atoms with Crippen molar-refractivity contribution in [2.75, 3.05) is 13.1 Å². The van der Waals surface area contributed by atoms with Gasteiger partial charge in [0.15, 0.2) is 0 Å². The molecular weight excluding hydrogens is 349 g/mol. The first-order chi connectivity index (χ1) is 10.4. The fraction of sp³-hybridized carbons (Fsp3) is 0.357. The second kappa shape index (κ2) is 7.31. The molecule has 1 heterocycles. The Morgan fingerprint density at radius 1 is 1.32 bits per heavy atom. The van der Waals surface area contributed by atoms with Gasteiger partial charge in [-0.15, -0.1) is 0 Å². The predicted molar refractivity (Wildman–Crippen MR) is 87.6 cm³/mol. The third-order valence-corrected chi connectivity index (χ3v) is 4.57. The molecule has 5 nitrogen and oxygen atoms in total. The van der Waals surface area contributed by atoms with Crippen molar-refractivity contribution in [1.82, 2.24) is 10.3 Å². The van der Waals surface area contributed by atoms with Gasteiger partial charge in [-0.1, -0.05) is 40.9 Å². The van der Waals surface area contributed by atoms with Crippen molar-refractivity contribution in [2.45, 2.75) is 19.8 Å². The van der Waals surface area contributed by atoms with Crippen molar-refractivity contribution < 1.29 is 9.59 Å². The highest BCUT2D eigenvalue weighted by atomic mass is 35.5. The summed E-state index contributed by atoms with van der Waals surface area (Å²) in [7, 11) is 0. The number of likely N-dealkylation sites (tertiary alicyclic amines) is 1. The molecule has 1 aliphatic rings. The van der Waals surface area contributed by atoms with Crippen LogP contribution in [-0.4, -0.2) is 35.5 Å². The lowest BCUT2D eigenvalue weighted by atomic mass is 10.1. The number of rotatable bonds is 4. The Kier molecular flexibility index (Phi) is 5.67. The van der Waals surface area contributed by atoms with Crippen molar-refractivity contribution >= 4 is 52.3 Å². The SMILES string of the molecule is CC(=NNC(=O)CN1CCCC1=O)c1ccc(Cl)c(Cl)c1Cl. The number of halogens is 3. The Balaban J connectivity index is 2.02. The van der Waals surface area contributed by atoms with Gasteiger partial charge in [0.1, 0.15) is 6.54 Å². The highest BCUT2D eigenvalue weighted by Gasteiger charge is 2.22. The number of nitrogens with one attached hydrogen (secondary N) is 1. The van der Waals surface area contributed by atoms with Crippen LogP contribution in [-0.2, 0) is 9.59 Å². The molecule has 0 unspecified atom stereocenters. The molecule has 1 aromatic carbocycles. The summed E-state index contributed by atoms with van der Waals surface area (Å²) in [6, 6.07) is 3.28. The second-order valence-corrected chi connectivity index (χ2v) is 6.04. The average Bonchev–Trinajstić information content (AvgIpc) is 2.88. The van der Waals surface area contributed by atoms with Gasteiger partial charge in [-0.05, 0) is 19.4 Å². The maximum absolute atomic E-state index is 11.8. The second-order valence-electron chi connectivity index (χ2n) is 4.87. The summed E-state index contributed by atoms with van der Waals surface area (Å²) in [5.74, 6) is -0.367. The van der Waals surface area contributed by atoms with E-state index in [9.17, 15) is 9.59 Å². The van der Waals surface area contributed by atoms with E-state index >= 15 is 0 Å². The normalized spacial score (nSPS) is 15.4. The summed E-state index contributed by atoms with van der Waals surface area (Å²) in [5, 5.41) is 4.85. The lowest BCUT2D eigenvalue weighted by molar-refractivity contribution is -0.133. The van der Waals surface area contributed by atoms with Crippen LogP contribution >= 0.6 is 34.8 Å². The Morgan fingerprint density at radius 2 is 2.05 bits per heavy atom. The summed E-state index contributed by atoms with van der Waals surface area (Å²) in [6.45, 7) is 2.30. The topological polar surface area (TPSA) is 61.8 Å². The average molecular weight is 363 g/mol. The minimum atomic E-state index is -0.356. The lowest BCUT2D eigenvalue weighted by Gasteiger charge is -2.13. The van der Waals surface area contributed by atoms with Gasteiger partial charge in [0.2, 0.25) is 5.91 Å². The van der Waals surface area contributed by atoms with Crippen LogP contribution in [0.4, 0.5) is 0 Å². The minimum absolute atomic E-state index is 0.00468. The third kappa shape index (κ3) is 3.91. The van der Waals surface area contributed by atoms with E-state index in [2.05, 4.69) is 10.5 Å². The standard InChI is InChI=1S/C14H14Cl3N3O2/c1-8(9-4-5-10(15)14(17)13(9)16)18-19-11(21)7-20-6-2-3-12(20)22/h4-5H,2-3,6-7H2,1H3,(H,19,21). The maximum atomic E-state index is 11.8. The first kappa shape index (κ1) is 17.1. The van der Waals surface area contributed by atoms with E-state index in [-0.39, 0.29) is 28.4 Å². The van der Waals surface area contributed by atoms with Crippen LogP contribution in [0.5, 0.6) is 0 Å². The molecule has 0 aromatic heterocycles. The number of amides is 2. The number of carbonyl (C=O) groups excluding carboxylic acids is 2. The van der Waals surface area contributed by atoms with Gasteiger partial charge in [0, 0.05) is 18.5 Å². The van der Waals surface area contributed by atoms with Crippen LogP contribution in [0.25, 0.3) is 0 Å². The van der Waals surface area contributed by atoms with Crippen molar-refractivity contribution in [1.29, 1.82) is 0 Å². The molecule has 0 spiro atoms. The molecule has 0 saturated carbocycles. The number of hydrogen-bond donors (Lipinski definition) is 1. The maximum Gasteiger partial charge on any atom is 0.259 e. The van der Waals surface area contributed by atoms with E-state index in [1.807, 2.05) is 0 Å². The molecule has 0 atom stereocenters. The third-order valence-electron chi connectivity index (χ3n) is 3.28. The van der Waals surface area contributed by atoms with Gasteiger partial charge < -0.3 is 4.90 Å². The fourth-order valence-electron chi connectivity index (χ4n) is 2.09. The Bertz CT molecular complexity index is 646. The lowest BCUT2D eigenvalue weighted by Crippen LogP contribution is -2.36. The highest BCUT2D eigenvalue weighted by molar-refractivity contribution is 6.49. The zero-order valence-corrected chi connectivity index (χ0v) is 14.1. The van der Waals surface area contributed by atoms with Crippen LogP contribution in [0.3, 0.4) is 0 Å². The molecule has 22 heavy (non-hydrogen) atoms. The van der Waals surface area contributed by atoms with Gasteiger partial charge in [-0.25, -0.2) is 5.43 Å². The van der Waals surface area contributed by atoms with Crippen LogP contribution in [0.2, 0.25) is 15.1 Å². The zero-order chi connectivity index (χ0) is 16.3. The minimum Gasteiger partial charge on any atom is -0.333 e. The van der Waals surface area contributed by atoms with Gasteiger partial charge in [-0.2, -0.15) is 5.10 Å². The molecular formula is C14H14Cl3N3O2. The van der Waals surface area contributed by atoms with E-state index in [1.165, 1.54) is 4.90 Å². The molecule has 1 aromatic rings. The van der Waals surface area contributed by atoms with Crippen molar-refractivity contribution in [3.63, 3.8) is 0 Å². The summed E-state index contributed by atoms with van der Waals surface area (Å²) in [4.78, 5) is 24.7. The van der Waals surface area contributed by atoms with Crippen LogP contribution in [0.1, 0.15) is 25.3 Å². The smallest absolute Gasteiger partial charge is 0.259 e. The summed E-state index contributed by atoms with van der Waals surface area (Å²) < 4.78 is 0. The molecule has 1 aliphatic heterocycles. The van der Waals surface area contributed by atoms with Gasteiger partial charge in [0.05, 0.1) is 20.8 Å². The Morgan fingerprint density at radius 3 is 2.68 bits per heavy atom. The number of carbonyl (C=O) groups is 2. The van der Waals surface area contributed by atoms with E-state index in [1.54, 1.807) is 19.1 Å². The summed E-state index contributed by atoms with van der Waals surface area (Å²) in [5.41, 5.74) is 3.48. The molecule has 1 saturated heterocycles. The molecule has 0 radical (unpaired) electrons. The Labute approximate surface area is 143 Å². The highest BCUT2D eigenvalue weighted by Crippen LogP contribution is 2.32. The predicted octanol–water partition coefficient (Wildman–Crippen LogP) is 3.11. The van der Waals surface area contributed by atoms with Crippen molar-refractivity contribution in [3.05, 3.63) is 32.8 Å². The van der Waals surface area contributed by atoms with E-state index in [4.69, 9.17) is 34.8 Å². The Hall–Kier alpha value is -1.30. The molecule has 0 bridgehead atoms. The van der Waals surface area contributed by atoms with Crippen molar-refractivity contribution in [2.24, 2.45) is 5.10 Å². The zero-order valence-electron chi connectivity index (χ0n) is 11.8. The van der Waals surface area contributed by atoms with Crippen LogP contribution < -0.4 is 5.43 Å². The molecule has 1 fully saturated rings. The summed E-state index contributed by atoms with van der Waals surface area (Å²) in [6.07, 6.45) is 1.28. The van der Waals surface area contributed by atoms with E-state index < -0.39 is 0 Å². The molecule has 8 heteroatoms. The summed E-state index contributed by atoms with van der Waals surface area (Å²) >= 11 is 17.9. The molecule has 118 valence electrons. The largest absolute Gasteiger partial charge is 0.333 e. The quantitative estimate of drug-likeness (QED) is 0.508.